The molecule has 160 valence electrons. The fraction of sp³-hybridized carbons (Fsp3) is 0.500. The lowest BCUT2D eigenvalue weighted by molar-refractivity contribution is -0.124. The zero-order valence-corrected chi connectivity index (χ0v) is 18.6. The summed E-state index contributed by atoms with van der Waals surface area (Å²) in [4.78, 5) is 19.8. The zero-order valence-electron chi connectivity index (χ0n) is 17.8. The normalized spacial score (nSPS) is 20.5. The number of thiazole rings is 1. The lowest BCUT2D eigenvalue weighted by Gasteiger charge is -2.34. The molecule has 7 nitrogen and oxygen atoms in total. The highest BCUT2D eigenvalue weighted by molar-refractivity contribution is 7.13. The van der Waals surface area contributed by atoms with Crippen molar-refractivity contribution in [1.29, 1.82) is 5.26 Å². The van der Waals surface area contributed by atoms with E-state index in [4.69, 9.17) is 9.47 Å². The van der Waals surface area contributed by atoms with Gasteiger partial charge in [0.2, 0.25) is 0 Å². The van der Waals surface area contributed by atoms with Crippen molar-refractivity contribution in [2.45, 2.75) is 52.6 Å². The topological polar surface area (TPSA) is 87.5 Å². The van der Waals surface area contributed by atoms with E-state index >= 15 is 0 Å². The molecule has 1 aromatic heterocycles. The van der Waals surface area contributed by atoms with Gasteiger partial charge in [-0.2, -0.15) is 5.26 Å². The molecule has 1 N–H and O–H groups in total. The predicted molar refractivity (Wildman–Crippen MR) is 116 cm³/mol. The standard InChI is InChI=1S/C22H28N4O3S/c1-14(2)20(29-19-8-6-5-7-17(19)9-23)21(27)25-22-24-18(13-30-22)12-26-10-15(3)28-16(4)11-26/h5-8,13-16,20H,10-12H2,1-4H3,(H,24,25,27). The van der Waals surface area contributed by atoms with Crippen LogP contribution in [-0.2, 0) is 16.1 Å². The molecule has 3 rings (SSSR count). The number of morpholine rings is 1. The molecule has 0 saturated carbocycles. The highest BCUT2D eigenvalue weighted by Crippen LogP contribution is 2.23. The molecule has 2 heterocycles. The number of rotatable bonds is 7. The van der Waals surface area contributed by atoms with Crippen LogP contribution in [0.4, 0.5) is 5.13 Å². The molecule has 0 aliphatic carbocycles. The fourth-order valence-electron chi connectivity index (χ4n) is 3.55. The van der Waals surface area contributed by atoms with Crippen molar-refractivity contribution in [1.82, 2.24) is 9.88 Å². The van der Waals surface area contributed by atoms with Gasteiger partial charge in [0.1, 0.15) is 11.8 Å². The minimum Gasteiger partial charge on any atom is -0.479 e. The molecule has 8 heteroatoms. The van der Waals surface area contributed by atoms with Crippen LogP contribution in [0.25, 0.3) is 0 Å². The number of nitriles is 1. The average molecular weight is 429 g/mol. The van der Waals surface area contributed by atoms with Crippen molar-refractivity contribution >= 4 is 22.4 Å². The van der Waals surface area contributed by atoms with E-state index in [1.165, 1.54) is 11.3 Å². The van der Waals surface area contributed by atoms with Crippen LogP contribution in [0.5, 0.6) is 5.75 Å². The van der Waals surface area contributed by atoms with Crippen LogP contribution in [0.2, 0.25) is 0 Å². The number of benzene rings is 1. The van der Waals surface area contributed by atoms with Gasteiger partial charge in [0.05, 0.1) is 23.5 Å². The summed E-state index contributed by atoms with van der Waals surface area (Å²) in [7, 11) is 0. The lowest BCUT2D eigenvalue weighted by Crippen LogP contribution is -2.44. The summed E-state index contributed by atoms with van der Waals surface area (Å²) in [6, 6.07) is 9.02. The number of hydrogen-bond donors (Lipinski definition) is 1. The number of hydrogen-bond acceptors (Lipinski definition) is 7. The van der Waals surface area contributed by atoms with Gasteiger partial charge in [-0.3, -0.25) is 15.0 Å². The molecule has 1 saturated heterocycles. The predicted octanol–water partition coefficient (Wildman–Crippen LogP) is 3.67. The van der Waals surface area contributed by atoms with E-state index < -0.39 is 6.10 Å². The van der Waals surface area contributed by atoms with E-state index in [1.54, 1.807) is 24.3 Å². The Bertz CT molecular complexity index is 898. The van der Waals surface area contributed by atoms with Gasteiger partial charge in [-0.25, -0.2) is 4.98 Å². The molecule has 3 atom stereocenters. The Labute approximate surface area is 181 Å². The number of aromatic nitrogens is 1. The van der Waals surface area contributed by atoms with Crippen molar-refractivity contribution in [3.63, 3.8) is 0 Å². The largest absolute Gasteiger partial charge is 0.479 e. The molecule has 1 aliphatic heterocycles. The van der Waals surface area contributed by atoms with Crippen LogP contribution in [-0.4, -0.2) is 47.2 Å². The fourth-order valence-corrected chi connectivity index (χ4v) is 4.25. The van der Waals surface area contributed by atoms with Crippen molar-refractivity contribution < 1.29 is 14.3 Å². The van der Waals surface area contributed by atoms with Crippen LogP contribution >= 0.6 is 11.3 Å². The summed E-state index contributed by atoms with van der Waals surface area (Å²) < 4.78 is 11.7. The van der Waals surface area contributed by atoms with Gasteiger partial charge in [0.25, 0.3) is 5.91 Å². The molecule has 3 unspecified atom stereocenters. The first-order chi connectivity index (χ1) is 14.4. The number of nitrogens with zero attached hydrogens (tertiary/aromatic N) is 3. The first-order valence-corrected chi connectivity index (χ1v) is 11.0. The van der Waals surface area contributed by atoms with Crippen molar-refractivity contribution in [3.05, 3.63) is 40.9 Å². The lowest BCUT2D eigenvalue weighted by atomic mass is 10.1. The molecule has 1 aromatic carbocycles. The van der Waals surface area contributed by atoms with E-state index in [9.17, 15) is 10.1 Å². The van der Waals surface area contributed by atoms with Crippen LogP contribution in [0.1, 0.15) is 39.0 Å². The van der Waals surface area contributed by atoms with Crippen LogP contribution in [0, 0.1) is 17.2 Å². The van der Waals surface area contributed by atoms with Crippen molar-refractivity contribution in [3.8, 4) is 11.8 Å². The highest BCUT2D eigenvalue weighted by Gasteiger charge is 2.27. The van der Waals surface area contributed by atoms with Gasteiger partial charge in [-0.05, 0) is 31.9 Å². The number of anilines is 1. The van der Waals surface area contributed by atoms with Gasteiger partial charge in [0, 0.05) is 25.0 Å². The Kier molecular flexibility index (Phi) is 7.43. The van der Waals surface area contributed by atoms with E-state index in [0.29, 0.717) is 16.4 Å². The summed E-state index contributed by atoms with van der Waals surface area (Å²) in [5.41, 5.74) is 1.33. The Hall–Kier alpha value is -2.47. The van der Waals surface area contributed by atoms with Crippen molar-refractivity contribution in [2.75, 3.05) is 18.4 Å². The van der Waals surface area contributed by atoms with Gasteiger partial charge >= 0.3 is 0 Å². The molecule has 2 aromatic rings. The zero-order chi connectivity index (χ0) is 21.7. The molecular weight excluding hydrogens is 400 g/mol. The maximum Gasteiger partial charge on any atom is 0.267 e. The molecule has 0 spiro atoms. The Morgan fingerprint density at radius 3 is 2.73 bits per heavy atom. The maximum absolute atomic E-state index is 12.9. The van der Waals surface area contributed by atoms with Gasteiger partial charge < -0.3 is 9.47 Å². The van der Waals surface area contributed by atoms with Gasteiger partial charge in [-0.1, -0.05) is 26.0 Å². The minimum absolute atomic E-state index is 0.0764. The van der Waals surface area contributed by atoms with E-state index in [1.807, 2.05) is 19.2 Å². The first-order valence-electron chi connectivity index (χ1n) is 10.1. The third kappa shape index (κ3) is 5.79. The summed E-state index contributed by atoms with van der Waals surface area (Å²) in [6.45, 7) is 10.4. The summed E-state index contributed by atoms with van der Waals surface area (Å²) >= 11 is 1.40. The summed E-state index contributed by atoms with van der Waals surface area (Å²) in [5, 5.41) is 14.7. The van der Waals surface area contributed by atoms with E-state index in [0.717, 1.165) is 25.3 Å². The third-order valence-electron chi connectivity index (χ3n) is 4.79. The third-order valence-corrected chi connectivity index (χ3v) is 5.59. The van der Waals surface area contributed by atoms with Crippen molar-refractivity contribution in [2.24, 2.45) is 5.92 Å². The minimum atomic E-state index is -0.729. The number of carbonyl (C=O) groups excluding carboxylic acids is 1. The quantitative estimate of drug-likeness (QED) is 0.724. The molecule has 1 fully saturated rings. The molecule has 0 radical (unpaired) electrons. The van der Waals surface area contributed by atoms with Crippen LogP contribution < -0.4 is 10.1 Å². The second-order valence-corrected chi connectivity index (χ2v) is 8.83. The summed E-state index contributed by atoms with van der Waals surface area (Å²) in [5.74, 6) is 0.0593. The molecular formula is C22H28N4O3S. The van der Waals surface area contributed by atoms with Gasteiger partial charge in [0.15, 0.2) is 11.2 Å². The average Bonchev–Trinajstić information content (AvgIpc) is 3.11. The monoisotopic (exact) mass is 428 g/mol. The molecule has 1 amide bonds. The highest BCUT2D eigenvalue weighted by atomic mass is 32.1. The Morgan fingerprint density at radius 2 is 2.07 bits per heavy atom. The van der Waals surface area contributed by atoms with Crippen LogP contribution in [0.15, 0.2) is 29.6 Å². The van der Waals surface area contributed by atoms with E-state index in [2.05, 4.69) is 35.1 Å². The number of para-hydroxylation sites is 1. The Balaban J connectivity index is 1.63. The maximum atomic E-state index is 12.9. The smallest absolute Gasteiger partial charge is 0.267 e. The second-order valence-electron chi connectivity index (χ2n) is 7.98. The summed E-state index contributed by atoms with van der Waals surface area (Å²) in [6.07, 6.45) is -0.327. The SMILES string of the molecule is CC1CN(Cc2csc(NC(=O)C(Oc3ccccc3C#N)C(C)C)n2)CC(C)O1. The number of amides is 1. The van der Waals surface area contributed by atoms with Gasteiger partial charge in [-0.15, -0.1) is 11.3 Å². The van der Waals surface area contributed by atoms with E-state index in [-0.39, 0.29) is 24.0 Å². The van der Waals surface area contributed by atoms with Crippen LogP contribution in [0.3, 0.4) is 0 Å². The molecule has 1 aliphatic rings. The second kappa shape index (κ2) is 10.0. The molecule has 0 bridgehead atoms. The number of ether oxygens (including phenoxy) is 2. The number of nitrogens with one attached hydrogen (secondary N) is 1. The first kappa shape index (κ1) is 22.2. The Morgan fingerprint density at radius 1 is 1.37 bits per heavy atom. The molecule has 30 heavy (non-hydrogen) atoms. The number of carbonyl (C=O) groups is 1.